The number of piperidine rings is 1. The van der Waals surface area contributed by atoms with Crippen molar-refractivity contribution in [1.29, 1.82) is 0 Å². The Hall–Kier alpha value is -2.89. The van der Waals surface area contributed by atoms with Crippen LogP contribution in [0.5, 0.6) is 5.75 Å². The lowest BCUT2D eigenvalue weighted by molar-refractivity contribution is -0.133. The Morgan fingerprint density at radius 1 is 0.974 bits per heavy atom. The molecule has 4 heterocycles. The fourth-order valence-electron chi connectivity index (χ4n) is 5.65. The number of anilines is 1. The first-order valence-electron chi connectivity index (χ1n) is 12.8. The molecule has 11 heteroatoms. The molecule has 8 nitrogen and oxygen atoms in total. The minimum Gasteiger partial charge on any atom is -0.497 e. The third-order valence-electron chi connectivity index (χ3n) is 7.61. The quantitative estimate of drug-likeness (QED) is 0.387. The summed E-state index contributed by atoms with van der Waals surface area (Å²) in [7, 11) is 1.58. The number of fused-ring (bicyclic) bond motifs is 2. The van der Waals surface area contributed by atoms with E-state index in [4.69, 9.17) is 4.74 Å². The molecule has 39 heavy (non-hydrogen) atoms. The summed E-state index contributed by atoms with van der Waals surface area (Å²) in [5.41, 5.74) is 1.33. The number of carbonyl (C=O) groups is 3. The van der Waals surface area contributed by atoms with Gasteiger partial charge in [-0.05, 0) is 61.2 Å². The number of carbonyl (C=O) groups excluding carboxylic acids is 3. The number of likely N-dealkylation sites (tertiary alicyclic amines) is 1. The molecule has 0 N–H and O–H groups in total. The molecule has 0 radical (unpaired) electrons. The molecule has 1 aromatic heterocycles. The summed E-state index contributed by atoms with van der Waals surface area (Å²) in [6, 6.07) is 14.5. The first-order chi connectivity index (χ1) is 18.9. The van der Waals surface area contributed by atoms with Crippen LogP contribution in [0.15, 0.2) is 62.8 Å². The lowest BCUT2D eigenvalue weighted by Crippen LogP contribution is -2.39. The molecule has 0 aliphatic carbocycles. The second-order valence-electron chi connectivity index (χ2n) is 9.87. The highest BCUT2D eigenvalue weighted by Crippen LogP contribution is 2.54. The number of nitrogens with zero attached hydrogens (tertiary/aromatic N) is 3. The smallest absolute Gasteiger partial charge is 0.308 e. The molecule has 3 atom stereocenters. The van der Waals surface area contributed by atoms with Crippen molar-refractivity contribution in [1.82, 2.24) is 9.47 Å². The van der Waals surface area contributed by atoms with Gasteiger partial charge in [0.05, 0.1) is 23.7 Å². The largest absolute Gasteiger partial charge is 0.497 e. The highest BCUT2D eigenvalue weighted by Gasteiger charge is 2.56. The van der Waals surface area contributed by atoms with Crippen LogP contribution >= 0.6 is 39.0 Å². The van der Waals surface area contributed by atoms with Crippen LogP contribution in [0.4, 0.5) is 5.69 Å². The van der Waals surface area contributed by atoms with Gasteiger partial charge in [0.1, 0.15) is 17.5 Å². The highest BCUT2D eigenvalue weighted by atomic mass is 79.9. The minimum atomic E-state index is -0.717. The molecule has 3 aliphatic rings. The van der Waals surface area contributed by atoms with Crippen molar-refractivity contribution in [3.63, 3.8) is 0 Å². The number of methoxy groups -OCH3 is 1. The molecule has 2 fully saturated rings. The monoisotopic (exact) mass is 627 g/mol. The standard InChI is InChI=1S/C28H26BrN3O5S2/c1-37-19-11-5-16(6-12-19)21-22-23(26(35)32(25(22)34)18-9-7-17(29)8-10-18)38-27-24(21)39-28(36)31(27)15-20(33)30-13-3-2-4-14-30/h5-12,21-23H,2-4,13-15H2,1H3. The van der Waals surface area contributed by atoms with Crippen LogP contribution in [-0.4, -0.2) is 52.6 Å². The number of amides is 3. The predicted octanol–water partition coefficient (Wildman–Crippen LogP) is 4.49. The van der Waals surface area contributed by atoms with Crippen LogP contribution in [0.2, 0.25) is 0 Å². The summed E-state index contributed by atoms with van der Waals surface area (Å²) in [6.07, 6.45) is 3.02. The van der Waals surface area contributed by atoms with Gasteiger partial charge in [-0.15, -0.1) is 0 Å². The van der Waals surface area contributed by atoms with Crippen molar-refractivity contribution in [2.45, 2.75) is 42.0 Å². The SMILES string of the molecule is COc1ccc(C2c3sc(=O)n(CC(=O)N4CCCCC4)c3SC3C(=O)N(c4ccc(Br)cc4)C(=O)C32)cc1. The second kappa shape index (κ2) is 10.6. The van der Waals surface area contributed by atoms with Crippen LogP contribution in [-0.2, 0) is 20.9 Å². The maximum atomic E-state index is 13.9. The van der Waals surface area contributed by atoms with E-state index in [0.717, 1.165) is 45.5 Å². The molecular formula is C28H26BrN3O5S2. The van der Waals surface area contributed by atoms with Gasteiger partial charge < -0.3 is 9.64 Å². The highest BCUT2D eigenvalue weighted by molar-refractivity contribution is 9.10. The molecule has 3 amide bonds. The second-order valence-corrected chi connectivity index (χ2v) is 12.9. The van der Waals surface area contributed by atoms with E-state index in [2.05, 4.69) is 15.9 Å². The van der Waals surface area contributed by atoms with Crippen LogP contribution in [0.1, 0.15) is 35.6 Å². The Kier molecular flexibility index (Phi) is 7.15. The molecule has 202 valence electrons. The first-order valence-corrected chi connectivity index (χ1v) is 15.3. The number of imide groups is 1. The van der Waals surface area contributed by atoms with Crippen molar-refractivity contribution >= 4 is 62.4 Å². The van der Waals surface area contributed by atoms with E-state index in [0.29, 0.717) is 29.6 Å². The van der Waals surface area contributed by atoms with Crippen LogP contribution < -0.4 is 14.5 Å². The van der Waals surface area contributed by atoms with Gasteiger partial charge in [-0.25, -0.2) is 4.90 Å². The van der Waals surface area contributed by atoms with Crippen LogP contribution in [0.25, 0.3) is 0 Å². The number of rotatable bonds is 5. The van der Waals surface area contributed by atoms with E-state index < -0.39 is 17.1 Å². The van der Waals surface area contributed by atoms with E-state index in [1.54, 1.807) is 31.4 Å². The predicted molar refractivity (Wildman–Crippen MR) is 154 cm³/mol. The lowest BCUT2D eigenvalue weighted by atomic mass is 9.83. The average Bonchev–Trinajstić information content (AvgIpc) is 3.40. The van der Waals surface area contributed by atoms with Crippen molar-refractivity contribution in [3.8, 4) is 5.75 Å². The Morgan fingerprint density at radius 2 is 1.67 bits per heavy atom. The number of hydrogen-bond donors (Lipinski definition) is 0. The first kappa shape index (κ1) is 26.3. The number of benzene rings is 2. The minimum absolute atomic E-state index is 0.0665. The van der Waals surface area contributed by atoms with Gasteiger partial charge in [-0.1, -0.05) is 51.2 Å². The number of aromatic nitrogens is 1. The summed E-state index contributed by atoms with van der Waals surface area (Å²) in [5.74, 6) is -1.21. The summed E-state index contributed by atoms with van der Waals surface area (Å²) >= 11 is 5.72. The van der Waals surface area contributed by atoms with E-state index in [1.165, 1.54) is 21.2 Å². The van der Waals surface area contributed by atoms with E-state index in [-0.39, 0.29) is 29.1 Å². The third kappa shape index (κ3) is 4.64. The number of thiazole rings is 1. The average molecular weight is 629 g/mol. The van der Waals surface area contributed by atoms with Crippen LogP contribution in [0, 0.1) is 5.92 Å². The maximum absolute atomic E-state index is 13.9. The Balaban J connectivity index is 1.43. The van der Waals surface area contributed by atoms with Gasteiger partial charge in [0.15, 0.2) is 0 Å². The molecular weight excluding hydrogens is 602 g/mol. The van der Waals surface area contributed by atoms with Gasteiger partial charge in [0.2, 0.25) is 17.7 Å². The van der Waals surface area contributed by atoms with Crippen molar-refractivity contribution in [3.05, 3.63) is 73.1 Å². The Labute approximate surface area is 242 Å². The fourth-order valence-corrected chi connectivity index (χ4v) is 8.69. The van der Waals surface area contributed by atoms with Gasteiger partial charge in [-0.2, -0.15) is 0 Å². The van der Waals surface area contributed by atoms with Gasteiger partial charge >= 0.3 is 4.87 Å². The normalized spacial score (nSPS) is 22.6. The molecule has 3 aliphatic heterocycles. The zero-order chi connectivity index (χ0) is 27.3. The van der Waals surface area contributed by atoms with E-state index in [9.17, 15) is 19.2 Å². The summed E-state index contributed by atoms with van der Waals surface area (Å²) < 4.78 is 7.68. The number of ether oxygens (including phenoxy) is 1. The van der Waals surface area contributed by atoms with Gasteiger partial charge in [0, 0.05) is 28.4 Å². The zero-order valence-corrected chi connectivity index (χ0v) is 24.4. The van der Waals surface area contributed by atoms with E-state index in [1.807, 2.05) is 29.2 Å². The maximum Gasteiger partial charge on any atom is 0.308 e. The van der Waals surface area contributed by atoms with Crippen LogP contribution in [0.3, 0.4) is 0 Å². The molecule has 3 aromatic rings. The number of hydrogen-bond acceptors (Lipinski definition) is 7. The molecule has 2 aromatic carbocycles. The molecule has 2 saturated heterocycles. The Bertz CT molecular complexity index is 1490. The third-order valence-corrected chi connectivity index (χ3v) is 10.7. The molecule has 0 saturated carbocycles. The van der Waals surface area contributed by atoms with Gasteiger partial charge in [-0.3, -0.25) is 23.7 Å². The molecule has 6 rings (SSSR count). The van der Waals surface area contributed by atoms with E-state index >= 15 is 0 Å². The lowest BCUT2D eigenvalue weighted by Gasteiger charge is -2.31. The molecule has 0 spiro atoms. The van der Waals surface area contributed by atoms with Gasteiger partial charge in [0.25, 0.3) is 0 Å². The number of halogens is 1. The topological polar surface area (TPSA) is 88.9 Å². The summed E-state index contributed by atoms with van der Waals surface area (Å²) in [5, 5.41) is -0.109. The summed E-state index contributed by atoms with van der Waals surface area (Å²) in [6.45, 7) is 1.33. The zero-order valence-electron chi connectivity index (χ0n) is 21.2. The van der Waals surface area contributed by atoms with Crippen molar-refractivity contribution < 1.29 is 19.1 Å². The molecule has 3 unspecified atom stereocenters. The van der Waals surface area contributed by atoms with Crippen molar-refractivity contribution in [2.75, 3.05) is 25.1 Å². The molecule has 0 bridgehead atoms. The number of thioether (sulfide) groups is 1. The summed E-state index contributed by atoms with van der Waals surface area (Å²) in [4.78, 5) is 57.7. The van der Waals surface area contributed by atoms with Crippen molar-refractivity contribution in [2.24, 2.45) is 5.92 Å². The fraction of sp³-hybridized carbons (Fsp3) is 0.357. The Morgan fingerprint density at radius 3 is 2.33 bits per heavy atom.